The van der Waals surface area contributed by atoms with E-state index in [0.29, 0.717) is 17.8 Å². The van der Waals surface area contributed by atoms with Crippen LogP contribution >= 0.6 is 11.8 Å². The molecule has 7 heteroatoms. The van der Waals surface area contributed by atoms with E-state index in [-0.39, 0.29) is 10.8 Å². The maximum absolute atomic E-state index is 13.0. The third-order valence-corrected chi connectivity index (χ3v) is 7.10. The monoisotopic (exact) mass is 469 g/mol. The summed E-state index contributed by atoms with van der Waals surface area (Å²) in [5.41, 5.74) is 3.28. The minimum atomic E-state index is -0.695. The van der Waals surface area contributed by atoms with Crippen LogP contribution in [0.5, 0.6) is 5.88 Å². The number of hydrogen-bond donors (Lipinski definition) is 2. The molecular weight excluding hydrogens is 446 g/mol. The van der Waals surface area contributed by atoms with Crippen LogP contribution in [-0.2, 0) is 0 Å². The van der Waals surface area contributed by atoms with E-state index in [0.717, 1.165) is 31.8 Å². The summed E-state index contributed by atoms with van der Waals surface area (Å²) in [5.74, 6) is -0.409. The van der Waals surface area contributed by atoms with E-state index in [2.05, 4.69) is 4.98 Å². The van der Waals surface area contributed by atoms with Gasteiger partial charge in [-0.25, -0.2) is 9.36 Å². The van der Waals surface area contributed by atoms with E-state index in [1.807, 2.05) is 74.5 Å². The van der Waals surface area contributed by atoms with Crippen LogP contribution < -0.4 is 11.2 Å². The summed E-state index contributed by atoms with van der Waals surface area (Å²) in [6.07, 6.45) is 0.408. The molecule has 1 aromatic heterocycles. The molecule has 1 aliphatic rings. The van der Waals surface area contributed by atoms with Crippen LogP contribution in [0.1, 0.15) is 33.9 Å². The highest BCUT2D eigenvalue weighted by molar-refractivity contribution is 7.99. The Kier molecular flexibility index (Phi) is 5.71. The maximum Gasteiger partial charge on any atom is 0.335 e. The fourth-order valence-corrected chi connectivity index (χ4v) is 5.56. The van der Waals surface area contributed by atoms with Crippen LogP contribution in [0.3, 0.4) is 0 Å². The number of H-pyrrole nitrogens is 1. The van der Waals surface area contributed by atoms with E-state index in [1.165, 1.54) is 0 Å². The largest absolute Gasteiger partial charge is 0.493 e. The summed E-state index contributed by atoms with van der Waals surface area (Å²) in [5, 5.41) is 11.3. The summed E-state index contributed by atoms with van der Waals surface area (Å²) in [7, 11) is 0. The van der Waals surface area contributed by atoms with Gasteiger partial charge in [0.2, 0.25) is 5.88 Å². The molecule has 0 aliphatic carbocycles. The fourth-order valence-electron chi connectivity index (χ4n) is 4.33. The molecule has 2 N–H and O–H groups in total. The van der Waals surface area contributed by atoms with Gasteiger partial charge in [-0.05, 0) is 54.8 Å². The molecule has 0 radical (unpaired) electrons. The highest BCUT2D eigenvalue weighted by Crippen LogP contribution is 2.45. The molecule has 1 atom stereocenters. The zero-order valence-corrected chi connectivity index (χ0v) is 19.6. The molecule has 1 aliphatic heterocycles. The first-order valence-electron chi connectivity index (χ1n) is 11.0. The number of aromatic hydroxyl groups is 1. The number of aromatic amines is 1. The fraction of sp³-hybridized carbons (Fsp3) is 0.148. The third kappa shape index (κ3) is 4.10. The number of para-hydroxylation sites is 1. The van der Waals surface area contributed by atoms with Gasteiger partial charge in [0.1, 0.15) is 5.56 Å². The van der Waals surface area contributed by atoms with Crippen molar-refractivity contribution >= 4 is 23.2 Å². The second-order valence-corrected chi connectivity index (χ2v) is 9.63. The number of aromatic nitrogens is 2. The Morgan fingerprint density at radius 3 is 2.38 bits per heavy atom. The highest BCUT2D eigenvalue weighted by Gasteiger charge is 2.27. The van der Waals surface area contributed by atoms with Crippen molar-refractivity contribution in [1.82, 2.24) is 9.55 Å². The van der Waals surface area contributed by atoms with Crippen molar-refractivity contribution in [2.75, 3.05) is 0 Å². The lowest BCUT2D eigenvalue weighted by Crippen LogP contribution is -2.33. The van der Waals surface area contributed by atoms with Crippen molar-refractivity contribution in [3.63, 3.8) is 0 Å². The standard InChI is InChI=1S/C27H23N3O3S/c1-16-12-17(2)14-19(13-16)30-26(32)24(25(31)29-27(30)33)21-15-23(18-8-4-3-5-9-18)34-22-11-7-6-10-20(22)28-21/h3-14,23,32H,15H2,1-2H3,(H,29,31,33)/t23-/m1/s1. The normalized spacial score (nSPS) is 15.4. The number of aliphatic imine (C=N–C) groups is 1. The molecular formula is C27H23N3O3S. The van der Waals surface area contributed by atoms with Crippen molar-refractivity contribution in [3.05, 3.63) is 116 Å². The van der Waals surface area contributed by atoms with Crippen molar-refractivity contribution in [2.45, 2.75) is 30.4 Å². The minimum absolute atomic E-state index is 0.0111. The lowest BCUT2D eigenvalue weighted by Gasteiger charge is -2.17. The molecule has 0 saturated carbocycles. The summed E-state index contributed by atoms with van der Waals surface area (Å²) in [6, 6.07) is 23.3. The summed E-state index contributed by atoms with van der Waals surface area (Å²) in [6.45, 7) is 3.83. The second kappa shape index (κ2) is 8.83. The van der Waals surface area contributed by atoms with E-state index in [1.54, 1.807) is 23.9 Å². The molecule has 0 bridgehead atoms. The van der Waals surface area contributed by atoms with Crippen LogP contribution in [0, 0.1) is 13.8 Å². The van der Waals surface area contributed by atoms with Gasteiger partial charge >= 0.3 is 5.69 Å². The Labute approximate surface area is 200 Å². The third-order valence-electron chi connectivity index (χ3n) is 5.78. The number of aryl methyl sites for hydroxylation is 2. The van der Waals surface area contributed by atoms with Crippen LogP contribution in [0.4, 0.5) is 5.69 Å². The summed E-state index contributed by atoms with van der Waals surface area (Å²) < 4.78 is 1.14. The van der Waals surface area contributed by atoms with E-state index < -0.39 is 17.1 Å². The van der Waals surface area contributed by atoms with Gasteiger partial charge in [-0.2, -0.15) is 0 Å². The molecule has 0 spiro atoms. The Morgan fingerprint density at radius 2 is 1.65 bits per heavy atom. The van der Waals surface area contributed by atoms with Crippen LogP contribution in [0.25, 0.3) is 5.69 Å². The predicted octanol–water partition coefficient (Wildman–Crippen LogP) is 5.21. The Balaban J connectivity index is 1.73. The molecule has 6 nitrogen and oxygen atoms in total. The zero-order chi connectivity index (χ0) is 23.8. The number of fused-ring (bicyclic) bond motifs is 1. The molecule has 34 heavy (non-hydrogen) atoms. The first-order chi connectivity index (χ1) is 16.4. The van der Waals surface area contributed by atoms with Crippen LogP contribution in [0.15, 0.2) is 92.3 Å². The SMILES string of the molecule is Cc1cc(C)cc(-n2c(O)c(C3=Nc4ccccc4S[C@@H](c4ccccc4)C3)c(=O)[nH]c2=O)c1. The van der Waals surface area contributed by atoms with E-state index >= 15 is 0 Å². The van der Waals surface area contributed by atoms with Gasteiger partial charge in [0.25, 0.3) is 5.56 Å². The van der Waals surface area contributed by atoms with Crippen molar-refractivity contribution < 1.29 is 5.11 Å². The Morgan fingerprint density at radius 1 is 0.971 bits per heavy atom. The molecule has 3 aromatic carbocycles. The van der Waals surface area contributed by atoms with E-state index in [9.17, 15) is 14.7 Å². The first-order valence-corrected chi connectivity index (χ1v) is 11.8. The number of benzene rings is 3. The van der Waals surface area contributed by atoms with Crippen LogP contribution in [0.2, 0.25) is 0 Å². The minimum Gasteiger partial charge on any atom is -0.493 e. The van der Waals surface area contributed by atoms with Crippen LogP contribution in [-0.4, -0.2) is 20.4 Å². The molecule has 0 amide bonds. The molecule has 4 aromatic rings. The molecule has 0 fully saturated rings. The molecule has 5 rings (SSSR count). The topological polar surface area (TPSA) is 87.4 Å². The van der Waals surface area contributed by atoms with Gasteiger partial charge in [0, 0.05) is 16.6 Å². The van der Waals surface area contributed by atoms with Gasteiger partial charge < -0.3 is 5.11 Å². The second-order valence-electron chi connectivity index (χ2n) is 8.39. The molecule has 0 saturated heterocycles. The highest BCUT2D eigenvalue weighted by atomic mass is 32.2. The molecule has 170 valence electrons. The summed E-state index contributed by atoms with van der Waals surface area (Å²) in [4.78, 5) is 34.0. The smallest absolute Gasteiger partial charge is 0.335 e. The average molecular weight is 470 g/mol. The average Bonchev–Trinajstić information content (AvgIpc) is 2.98. The van der Waals surface area contributed by atoms with Gasteiger partial charge in [-0.1, -0.05) is 48.5 Å². The zero-order valence-electron chi connectivity index (χ0n) is 18.8. The van der Waals surface area contributed by atoms with Crippen molar-refractivity contribution in [1.29, 1.82) is 0 Å². The maximum atomic E-state index is 13.0. The van der Waals surface area contributed by atoms with Gasteiger partial charge in [0.05, 0.1) is 17.1 Å². The Hall–Kier alpha value is -3.84. The number of hydrogen-bond acceptors (Lipinski definition) is 5. The van der Waals surface area contributed by atoms with Gasteiger partial charge in [-0.15, -0.1) is 11.8 Å². The lowest BCUT2D eigenvalue weighted by atomic mass is 10.0. The first kappa shape index (κ1) is 22.0. The number of rotatable bonds is 3. The van der Waals surface area contributed by atoms with Crippen molar-refractivity contribution in [3.8, 4) is 11.6 Å². The molecule has 0 unspecified atom stereocenters. The number of thioether (sulfide) groups is 1. The van der Waals surface area contributed by atoms with Crippen molar-refractivity contribution in [2.24, 2.45) is 4.99 Å². The lowest BCUT2D eigenvalue weighted by molar-refractivity contribution is 0.429. The van der Waals surface area contributed by atoms with Gasteiger partial charge in [0.15, 0.2) is 0 Å². The number of nitrogens with one attached hydrogen (secondary N) is 1. The quantitative estimate of drug-likeness (QED) is 0.431. The number of nitrogens with zero attached hydrogens (tertiary/aromatic N) is 2. The predicted molar refractivity (Wildman–Crippen MR) is 136 cm³/mol. The molecule has 2 heterocycles. The van der Waals surface area contributed by atoms with Gasteiger partial charge in [-0.3, -0.25) is 14.8 Å². The van der Waals surface area contributed by atoms with E-state index in [4.69, 9.17) is 4.99 Å². The summed E-state index contributed by atoms with van der Waals surface area (Å²) >= 11 is 1.67. The Bertz CT molecular complexity index is 1520.